The van der Waals surface area contributed by atoms with Gasteiger partial charge in [0.2, 0.25) is 0 Å². The van der Waals surface area contributed by atoms with Crippen LogP contribution in [0.3, 0.4) is 0 Å². The lowest BCUT2D eigenvalue weighted by Gasteiger charge is -2.09. The van der Waals surface area contributed by atoms with Crippen LogP contribution < -0.4 is 10.1 Å². The molecule has 5 nitrogen and oxygen atoms in total. The average molecular weight is 286 g/mol. The van der Waals surface area contributed by atoms with Crippen molar-refractivity contribution in [3.05, 3.63) is 69.3 Å². The lowest BCUT2D eigenvalue weighted by atomic mass is 10.1. The molecule has 0 unspecified atom stereocenters. The van der Waals surface area contributed by atoms with Gasteiger partial charge in [0, 0.05) is 12.6 Å². The van der Waals surface area contributed by atoms with Crippen LogP contribution in [-0.2, 0) is 13.2 Å². The molecule has 0 aromatic heterocycles. The second-order valence-electron chi connectivity index (χ2n) is 4.87. The van der Waals surface area contributed by atoms with E-state index in [-0.39, 0.29) is 5.69 Å². The number of ether oxygens (including phenoxy) is 1. The van der Waals surface area contributed by atoms with Crippen molar-refractivity contribution < 1.29 is 9.66 Å². The normalized spacial score (nSPS) is 10.4. The average Bonchev–Trinajstić information content (AvgIpc) is 2.46. The van der Waals surface area contributed by atoms with E-state index in [4.69, 9.17) is 4.74 Å². The molecule has 0 aliphatic rings. The third kappa shape index (κ3) is 4.03. The van der Waals surface area contributed by atoms with Crippen LogP contribution in [0, 0.1) is 17.0 Å². The fourth-order valence-corrected chi connectivity index (χ4v) is 2.10. The van der Waals surface area contributed by atoms with Gasteiger partial charge < -0.3 is 10.1 Å². The Morgan fingerprint density at radius 3 is 2.67 bits per heavy atom. The topological polar surface area (TPSA) is 64.4 Å². The van der Waals surface area contributed by atoms with Crippen molar-refractivity contribution in [2.24, 2.45) is 0 Å². The monoisotopic (exact) mass is 286 g/mol. The van der Waals surface area contributed by atoms with Gasteiger partial charge in [0.05, 0.1) is 4.92 Å². The SMILES string of the molecule is CNCc1ccc(OCc2cccc(C)c2)c([N+](=O)[O-])c1. The highest BCUT2D eigenvalue weighted by Gasteiger charge is 2.16. The Bertz CT molecular complexity index is 641. The van der Waals surface area contributed by atoms with Gasteiger partial charge in [0.15, 0.2) is 5.75 Å². The molecule has 2 rings (SSSR count). The molecule has 0 heterocycles. The summed E-state index contributed by atoms with van der Waals surface area (Å²) < 4.78 is 5.61. The summed E-state index contributed by atoms with van der Waals surface area (Å²) >= 11 is 0. The van der Waals surface area contributed by atoms with Crippen molar-refractivity contribution in [3.63, 3.8) is 0 Å². The number of nitro groups is 1. The fraction of sp³-hybridized carbons (Fsp3) is 0.250. The number of nitrogens with one attached hydrogen (secondary N) is 1. The smallest absolute Gasteiger partial charge is 0.311 e. The number of nitro benzene ring substituents is 1. The lowest BCUT2D eigenvalue weighted by molar-refractivity contribution is -0.386. The van der Waals surface area contributed by atoms with E-state index in [1.165, 1.54) is 0 Å². The number of rotatable bonds is 6. The Kier molecular flexibility index (Phi) is 4.90. The number of hydrogen-bond acceptors (Lipinski definition) is 4. The van der Waals surface area contributed by atoms with Crippen LogP contribution in [0.25, 0.3) is 0 Å². The first-order valence-electron chi connectivity index (χ1n) is 6.70. The van der Waals surface area contributed by atoms with E-state index in [1.807, 2.05) is 37.3 Å². The first-order chi connectivity index (χ1) is 10.1. The first-order valence-corrected chi connectivity index (χ1v) is 6.70. The van der Waals surface area contributed by atoms with Crippen LogP contribution in [0.2, 0.25) is 0 Å². The highest BCUT2D eigenvalue weighted by Crippen LogP contribution is 2.28. The van der Waals surface area contributed by atoms with Gasteiger partial charge >= 0.3 is 5.69 Å². The molecule has 21 heavy (non-hydrogen) atoms. The van der Waals surface area contributed by atoms with Gasteiger partial charge in [-0.1, -0.05) is 35.9 Å². The predicted molar refractivity (Wildman–Crippen MR) is 81.4 cm³/mol. The van der Waals surface area contributed by atoms with Crippen molar-refractivity contribution >= 4 is 5.69 Å². The molecule has 0 fully saturated rings. The second-order valence-corrected chi connectivity index (χ2v) is 4.87. The van der Waals surface area contributed by atoms with E-state index in [9.17, 15) is 10.1 Å². The van der Waals surface area contributed by atoms with Gasteiger partial charge in [0.1, 0.15) is 6.61 Å². The van der Waals surface area contributed by atoms with Crippen molar-refractivity contribution in [2.45, 2.75) is 20.1 Å². The molecule has 0 saturated carbocycles. The summed E-state index contributed by atoms with van der Waals surface area (Å²) in [6, 6.07) is 12.9. The van der Waals surface area contributed by atoms with Crippen molar-refractivity contribution in [3.8, 4) is 5.75 Å². The molecule has 0 amide bonds. The summed E-state index contributed by atoms with van der Waals surface area (Å²) in [5.74, 6) is 0.293. The quantitative estimate of drug-likeness (QED) is 0.654. The molecule has 0 spiro atoms. The first kappa shape index (κ1) is 15.0. The van der Waals surface area contributed by atoms with Crippen molar-refractivity contribution in [1.82, 2.24) is 5.32 Å². The van der Waals surface area contributed by atoms with Gasteiger partial charge in [-0.25, -0.2) is 0 Å². The van der Waals surface area contributed by atoms with E-state index in [0.29, 0.717) is 18.9 Å². The van der Waals surface area contributed by atoms with Crippen LogP contribution in [0.5, 0.6) is 5.75 Å². The molecule has 0 bridgehead atoms. The maximum atomic E-state index is 11.1. The minimum Gasteiger partial charge on any atom is -0.482 e. The van der Waals surface area contributed by atoms with Gasteiger partial charge in [0.25, 0.3) is 0 Å². The summed E-state index contributed by atoms with van der Waals surface area (Å²) in [6.45, 7) is 2.89. The van der Waals surface area contributed by atoms with Crippen molar-refractivity contribution in [2.75, 3.05) is 7.05 Å². The zero-order chi connectivity index (χ0) is 15.2. The molecular weight excluding hydrogens is 268 g/mol. The molecule has 0 atom stereocenters. The highest BCUT2D eigenvalue weighted by atomic mass is 16.6. The largest absolute Gasteiger partial charge is 0.482 e. The van der Waals surface area contributed by atoms with E-state index in [2.05, 4.69) is 5.32 Å². The minimum absolute atomic E-state index is 0.00426. The Labute approximate surface area is 123 Å². The molecule has 2 aromatic rings. The Hall–Kier alpha value is -2.40. The molecule has 110 valence electrons. The third-order valence-corrected chi connectivity index (χ3v) is 3.08. The zero-order valence-electron chi connectivity index (χ0n) is 12.1. The molecule has 0 aliphatic heterocycles. The summed E-state index contributed by atoms with van der Waals surface area (Å²) in [5, 5.41) is 14.1. The summed E-state index contributed by atoms with van der Waals surface area (Å²) in [4.78, 5) is 10.7. The molecule has 2 aromatic carbocycles. The van der Waals surface area contributed by atoms with Gasteiger partial charge in [-0.3, -0.25) is 10.1 Å². The van der Waals surface area contributed by atoms with Crippen LogP contribution in [0.1, 0.15) is 16.7 Å². The van der Waals surface area contributed by atoms with E-state index in [1.54, 1.807) is 19.2 Å². The third-order valence-electron chi connectivity index (χ3n) is 3.08. The molecule has 0 aliphatic carbocycles. The summed E-state index contributed by atoms with van der Waals surface area (Å²) in [5.41, 5.74) is 2.97. The highest BCUT2D eigenvalue weighted by molar-refractivity contribution is 5.48. The maximum absolute atomic E-state index is 11.1. The fourth-order valence-electron chi connectivity index (χ4n) is 2.10. The predicted octanol–water partition coefficient (Wildman–Crippen LogP) is 3.20. The standard InChI is InChI=1S/C16H18N2O3/c1-12-4-3-5-14(8-12)11-21-16-7-6-13(10-17-2)9-15(16)18(19)20/h3-9,17H,10-11H2,1-2H3. The van der Waals surface area contributed by atoms with E-state index >= 15 is 0 Å². The minimum atomic E-state index is -0.412. The van der Waals surface area contributed by atoms with Gasteiger partial charge in [-0.2, -0.15) is 0 Å². The Balaban J connectivity index is 2.17. The Morgan fingerprint density at radius 2 is 2.00 bits per heavy atom. The maximum Gasteiger partial charge on any atom is 0.311 e. The Morgan fingerprint density at radius 1 is 1.19 bits per heavy atom. The van der Waals surface area contributed by atoms with Crippen LogP contribution in [0.15, 0.2) is 42.5 Å². The molecule has 5 heteroatoms. The summed E-state index contributed by atoms with van der Waals surface area (Å²) in [6.07, 6.45) is 0. The molecular formula is C16H18N2O3. The van der Waals surface area contributed by atoms with Crippen LogP contribution >= 0.6 is 0 Å². The lowest BCUT2D eigenvalue weighted by Crippen LogP contribution is -2.06. The second kappa shape index (κ2) is 6.85. The van der Waals surface area contributed by atoms with Crippen LogP contribution in [-0.4, -0.2) is 12.0 Å². The van der Waals surface area contributed by atoms with E-state index < -0.39 is 4.92 Å². The van der Waals surface area contributed by atoms with Crippen molar-refractivity contribution in [1.29, 1.82) is 0 Å². The number of benzene rings is 2. The van der Waals surface area contributed by atoms with E-state index in [0.717, 1.165) is 16.7 Å². The molecule has 1 N–H and O–H groups in total. The van der Waals surface area contributed by atoms with Gasteiger partial charge in [-0.05, 0) is 31.2 Å². The number of hydrogen-bond donors (Lipinski definition) is 1. The van der Waals surface area contributed by atoms with Crippen LogP contribution in [0.4, 0.5) is 5.69 Å². The number of nitrogens with zero attached hydrogens (tertiary/aromatic N) is 1. The molecule has 0 radical (unpaired) electrons. The number of aryl methyl sites for hydroxylation is 1. The molecule has 0 saturated heterocycles. The van der Waals surface area contributed by atoms with Gasteiger partial charge in [-0.15, -0.1) is 0 Å². The summed E-state index contributed by atoms with van der Waals surface area (Å²) in [7, 11) is 1.80. The zero-order valence-corrected chi connectivity index (χ0v) is 12.1.